The zero-order chi connectivity index (χ0) is 17.1. The Morgan fingerprint density at radius 2 is 1.83 bits per heavy atom. The molecule has 2 aromatic rings. The third kappa shape index (κ3) is 3.01. The molecule has 0 atom stereocenters. The summed E-state index contributed by atoms with van der Waals surface area (Å²) < 4.78 is 29.2. The van der Waals surface area contributed by atoms with E-state index in [1.165, 1.54) is 17.2 Å². The zero-order valence-corrected chi connectivity index (χ0v) is 12.7. The predicted octanol–water partition coefficient (Wildman–Crippen LogP) is 3.09. The number of benzene rings is 2. The number of hydrogen-bond donors (Lipinski definition) is 0. The van der Waals surface area contributed by atoms with Crippen LogP contribution < -0.4 is 9.64 Å². The number of hydrogen-bond acceptors (Lipinski definition) is 4. The summed E-state index contributed by atoms with van der Waals surface area (Å²) in [5.41, 5.74) is 1.97. The molecule has 0 fully saturated rings. The molecule has 0 radical (unpaired) electrons. The first-order valence-corrected chi connectivity index (χ1v) is 7.10. The Hall–Kier alpha value is -3.09. The lowest BCUT2D eigenvalue weighted by atomic mass is 10.1. The molecule has 1 amide bonds. The van der Waals surface area contributed by atoms with E-state index >= 15 is 0 Å². The largest absolute Gasteiger partial charge is 0.434 e. The number of carbonyl (C=O) groups excluding carboxylic acids is 1. The maximum Gasteiger partial charge on any atom is 0.387 e. The van der Waals surface area contributed by atoms with Gasteiger partial charge >= 0.3 is 6.61 Å². The van der Waals surface area contributed by atoms with Crippen LogP contribution in [0, 0.1) is 0 Å². The molecule has 122 valence electrons. The lowest BCUT2D eigenvalue weighted by Gasteiger charge is -2.07. The van der Waals surface area contributed by atoms with E-state index in [0.29, 0.717) is 11.1 Å². The van der Waals surface area contributed by atoms with E-state index in [1.54, 1.807) is 37.4 Å². The van der Waals surface area contributed by atoms with Crippen LogP contribution in [0.25, 0.3) is 0 Å². The normalized spacial score (nSPS) is 15.6. The number of alkyl halides is 2. The van der Waals surface area contributed by atoms with E-state index in [0.717, 1.165) is 5.69 Å². The molecule has 0 aliphatic carbocycles. The molecule has 1 aliphatic heterocycles. The van der Waals surface area contributed by atoms with Gasteiger partial charge in [0.25, 0.3) is 5.91 Å². The van der Waals surface area contributed by atoms with Crippen LogP contribution in [0.2, 0.25) is 0 Å². The van der Waals surface area contributed by atoms with Crippen LogP contribution >= 0.6 is 0 Å². The number of carbonyl (C=O) groups is 1. The number of para-hydroxylation sites is 2. The van der Waals surface area contributed by atoms with Crippen molar-refractivity contribution >= 4 is 23.5 Å². The van der Waals surface area contributed by atoms with Crippen LogP contribution in [0.4, 0.5) is 14.5 Å². The van der Waals surface area contributed by atoms with Crippen molar-refractivity contribution < 1.29 is 18.3 Å². The van der Waals surface area contributed by atoms with Crippen molar-refractivity contribution in [1.29, 1.82) is 0 Å². The Kier molecular flexibility index (Phi) is 4.33. The Morgan fingerprint density at radius 3 is 2.62 bits per heavy atom. The van der Waals surface area contributed by atoms with Crippen molar-refractivity contribution in [3.63, 3.8) is 0 Å². The number of fused-ring (bicyclic) bond motifs is 1. The molecule has 1 aliphatic rings. The number of ether oxygens (including phenoxy) is 1. The summed E-state index contributed by atoms with van der Waals surface area (Å²) in [7, 11) is 1.65. The molecule has 2 aromatic carbocycles. The first-order valence-electron chi connectivity index (χ1n) is 7.10. The van der Waals surface area contributed by atoms with E-state index in [2.05, 4.69) is 14.9 Å². The molecule has 0 saturated carbocycles. The predicted molar refractivity (Wildman–Crippen MR) is 87.1 cm³/mol. The number of anilines is 1. The first-order chi connectivity index (χ1) is 11.6. The minimum absolute atomic E-state index is 0.00767. The lowest BCUT2D eigenvalue weighted by molar-refractivity contribution is -0.111. The third-order valence-electron chi connectivity index (χ3n) is 3.52. The summed E-state index contributed by atoms with van der Waals surface area (Å²) in [5.74, 6) is -0.280. The van der Waals surface area contributed by atoms with Gasteiger partial charge in [0.15, 0.2) is 5.71 Å². The molecule has 1 heterocycles. The number of halogens is 2. The fourth-order valence-corrected chi connectivity index (χ4v) is 2.39. The van der Waals surface area contributed by atoms with E-state index in [9.17, 15) is 13.6 Å². The maximum absolute atomic E-state index is 12.4. The Balaban J connectivity index is 1.89. The van der Waals surface area contributed by atoms with Crippen molar-refractivity contribution in [3.8, 4) is 5.75 Å². The zero-order valence-electron chi connectivity index (χ0n) is 12.7. The summed E-state index contributed by atoms with van der Waals surface area (Å²) in [6, 6.07) is 13.4. The number of nitrogens with zero attached hydrogens (tertiary/aromatic N) is 3. The number of rotatable bonds is 4. The van der Waals surface area contributed by atoms with Gasteiger partial charge in [-0.05, 0) is 18.2 Å². The molecular weight excluding hydrogens is 316 g/mol. The van der Waals surface area contributed by atoms with Gasteiger partial charge in [0.2, 0.25) is 0 Å². The average Bonchev–Trinajstić information content (AvgIpc) is 2.81. The van der Waals surface area contributed by atoms with Crippen LogP contribution in [0.5, 0.6) is 5.75 Å². The molecule has 0 saturated heterocycles. The Morgan fingerprint density at radius 1 is 1.12 bits per heavy atom. The van der Waals surface area contributed by atoms with Crippen molar-refractivity contribution in [2.75, 3.05) is 11.9 Å². The maximum atomic E-state index is 12.4. The Labute approximate surface area is 136 Å². The third-order valence-corrected chi connectivity index (χ3v) is 3.52. The Bertz CT molecular complexity index is 834. The fourth-order valence-electron chi connectivity index (χ4n) is 2.39. The number of amides is 1. The van der Waals surface area contributed by atoms with E-state index < -0.39 is 6.61 Å². The smallest absolute Gasteiger partial charge is 0.387 e. The fraction of sp³-hybridized carbons (Fsp3) is 0.118. The topological polar surface area (TPSA) is 54.3 Å². The minimum atomic E-state index is -2.93. The van der Waals surface area contributed by atoms with Gasteiger partial charge in [0.05, 0.1) is 11.9 Å². The quantitative estimate of drug-likeness (QED) is 0.639. The summed E-state index contributed by atoms with van der Waals surface area (Å²) in [6.45, 7) is -2.93. The lowest BCUT2D eigenvalue weighted by Crippen LogP contribution is -2.25. The second-order valence-electron chi connectivity index (χ2n) is 4.99. The van der Waals surface area contributed by atoms with Gasteiger partial charge in [-0.15, -0.1) is 5.10 Å². The summed E-state index contributed by atoms with van der Waals surface area (Å²) in [4.78, 5) is 13.7. The van der Waals surface area contributed by atoms with Gasteiger partial charge in [0, 0.05) is 18.2 Å². The van der Waals surface area contributed by atoms with Gasteiger partial charge in [-0.3, -0.25) is 4.79 Å². The SMILES string of the molecule is CN1C(=O)/C(=N/N=C\c2ccccc2OC(F)F)c2ccccc21. The summed E-state index contributed by atoms with van der Waals surface area (Å²) in [5, 5.41) is 7.83. The van der Waals surface area contributed by atoms with Gasteiger partial charge in [-0.1, -0.05) is 30.3 Å². The molecule has 5 nitrogen and oxygen atoms in total. The number of likely N-dealkylation sites (N-methyl/N-ethyl adjacent to an activating group) is 1. The molecule has 0 unspecified atom stereocenters. The highest BCUT2D eigenvalue weighted by molar-refractivity contribution is 6.54. The van der Waals surface area contributed by atoms with Crippen molar-refractivity contribution in [2.45, 2.75) is 6.61 Å². The van der Waals surface area contributed by atoms with Gasteiger partial charge < -0.3 is 9.64 Å². The molecule has 3 rings (SSSR count). The van der Waals surface area contributed by atoms with Crippen molar-refractivity contribution in [2.24, 2.45) is 10.2 Å². The molecule has 0 N–H and O–H groups in total. The van der Waals surface area contributed by atoms with Crippen molar-refractivity contribution in [1.82, 2.24) is 0 Å². The highest BCUT2D eigenvalue weighted by Crippen LogP contribution is 2.27. The second kappa shape index (κ2) is 6.57. The highest BCUT2D eigenvalue weighted by Gasteiger charge is 2.30. The monoisotopic (exact) mass is 329 g/mol. The summed E-state index contributed by atoms with van der Waals surface area (Å²) in [6.07, 6.45) is 1.28. The molecule has 0 spiro atoms. The van der Waals surface area contributed by atoms with Gasteiger partial charge in [-0.25, -0.2) is 0 Å². The van der Waals surface area contributed by atoms with Crippen LogP contribution in [-0.2, 0) is 4.79 Å². The van der Waals surface area contributed by atoms with Gasteiger partial charge in [-0.2, -0.15) is 13.9 Å². The van der Waals surface area contributed by atoms with Crippen molar-refractivity contribution in [3.05, 3.63) is 59.7 Å². The highest BCUT2D eigenvalue weighted by atomic mass is 19.3. The van der Waals surface area contributed by atoms with E-state index in [4.69, 9.17) is 0 Å². The van der Waals surface area contributed by atoms with Crippen LogP contribution in [0.15, 0.2) is 58.7 Å². The van der Waals surface area contributed by atoms with E-state index in [-0.39, 0.29) is 17.4 Å². The molecule has 7 heteroatoms. The first kappa shape index (κ1) is 15.8. The van der Waals surface area contributed by atoms with Crippen LogP contribution in [0.1, 0.15) is 11.1 Å². The second-order valence-corrected chi connectivity index (χ2v) is 4.99. The van der Waals surface area contributed by atoms with Gasteiger partial charge in [0.1, 0.15) is 5.75 Å². The average molecular weight is 329 g/mol. The molecule has 0 aromatic heterocycles. The standard InChI is InChI=1S/C17H13F2N3O2/c1-22-13-8-4-3-7-12(13)15(16(22)23)21-20-10-11-6-2-5-9-14(11)24-17(18)19/h2-10,17H,1H3/b20-10-,21-15+. The minimum Gasteiger partial charge on any atom is -0.434 e. The van der Waals surface area contributed by atoms with E-state index in [1.807, 2.05) is 12.1 Å². The van der Waals surface area contributed by atoms with Crippen LogP contribution in [-0.4, -0.2) is 31.5 Å². The van der Waals surface area contributed by atoms with Crippen LogP contribution in [0.3, 0.4) is 0 Å². The summed E-state index contributed by atoms with van der Waals surface area (Å²) >= 11 is 0. The molecular formula is C17H13F2N3O2. The molecule has 0 bridgehead atoms. The molecule has 24 heavy (non-hydrogen) atoms.